The maximum atomic E-state index is 10.7. The second-order valence-corrected chi connectivity index (χ2v) is 4.25. The minimum absolute atomic E-state index is 0.237. The monoisotopic (exact) mass is 271 g/mol. The fraction of sp³-hybridized carbons (Fsp3) is 0.300. The number of hydrogen-bond acceptors (Lipinski definition) is 3. The Morgan fingerprint density at radius 3 is 2.80 bits per heavy atom. The zero-order chi connectivity index (χ0) is 11.4. The van der Waals surface area contributed by atoms with E-state index < -0.39 is 0 Å². The molecular formula is C10H14BrN3O. The molecule has 0 radical (unpaired) electrons. The van der Waals surface area contributed by atoms with Crippen LogP contribution in [0.5, 0.6) is 0 Å². The van der Waals surface area contributed by atoms with Crippen molar-refractivity contribution >= 4 is 27.5 Å². The molecule has 0 unspecified atom stereocenters. The number of rotatable bonds is 4. The predicted molar refractivity (Wildman–Crippen MR) is 64.1 cm³/mol. The minimum Gasteiger partial charge on any atom is -0.398 e. The molecule has 0 fully saturated rings. The number of nitrogen functional groups attached to an aromatic ring is 1. The lowest BCUT2D eigenvalue weighted by Crippen LogP contribution is -2.30. The molecule has 0 saturated heterocycles. The number of primary amides is 1. The molecule has 0 heterocycles. The first-order valence-electron chi connectivity index (χ1n) is 4.50. The van der Waals surface area contributed by atoms with Crippen molar-refractivity contribution < 1.29 is 4.79 Å². The van der Waals surface area contributed by atoms with Crippen molar-refractivity contribution in [2.24, 2.45) is 5.73 Å². The van der Waals surface area contributed by atoms with Crippen LogP contribution in [-0.2, 0) is 11.3 Å². The normalized spacial score (nSPS) is 10.6. The van der Waals surface area contributed by atoms with Gasteiger partial charge in [-0.2, -0.15) is 0 Å². The fourth-order valence-electron chi connectivity index (χ4n) is 1.33. The third kappa shape index (κ3) is 3.53. The summed E-state index contributed by atoms with van der Waals surface area (Å²) < 4.78 is 0.876. The van der Waals surface area contributed by atoms with Crippen LogP contribution >= 0.6 is 15.9 Å². The van der Waals surface area contributed by atoms with Crippen molar-refractivity contribution in [3.63, 3.8) is 0 Å². The molecule has 1 rings (SSSR count). The molecule has 82 valence electrons. The van der Waals surface area contributed by atoms with Gasteiger partial charge in [-0.05, 0) is 34.6 Å². The van der Waals surface area contributed by atoms with Crippen molar-refractivity contribution in [3.05, 3.63) is 28.2 Å². The lowest BCUT2D eigenvalue weighted by atomic mass is 10.2. The first-order chi connectivity index (χ1) is 7.00. The highest BCUT2D eigenvalue weighted by Crippen LogP contribution is 2.24. The van der Waals surface area contributed by atoms with E-state index in [0.717, 1.165) is 10.0 Å². The van der Waals surface area contributed by atoms with Gasteiger partial charge in [0, 0.05) is 16.7 Å². The maximum absolute atomic E-state index is 10.7. The third-order valence-electron chi connectivity index (χ3n) is 1.97. The van der Waals surface area contributed by atoms with Crippen LogP contribution in [0.4, 0.5) is 5.69 Å². The Balaban J connectivity index is 2.72. The number of benzene rings is 1. The van der Waals surface area contributed by atoms with Gasteiger partial charge in [-0.3, -0.25) is 9.69 Å². The van der Waals surface area contributed by atoms with Gasteiger partial charge < -0.3 is 11.5 Å². The SMILES string of the molecule is CN(CC(N)=O)Cc1cccc(N)c1Br. The molecule has 15 heavy (non-hydrogen) atoms. The average molecular weight is 272 g/mol. The van der Waals surface area contributed by atoms with Crippen LogP contribution in [0.3, 0.4) is 0 Å². The van der Waals surface area contributed by atoms with E-state index in [1.165, 1.54) is 0 Å². The van der Waals surface area contributed by atoms with E-state index in [-0.39, 0.29) is 12.5 Å². The van der Waals surface area contributed by atoms with Gasteiger partial charge >= 0.3 is 0 Å². The predicted octanol–water partition coefficient (Wildman–Crippen LogP) is 0.948. The topological polar surface area (TPSA) is 72.3 Å². The van der Waals surface area contributed by atoms with Gasteiger partial charge in [0.2, 0.25) is 5.91 Å². The minimum atomic E-state index is -0.336. The molecule has 0 spiro atoms. The Hall–Kier alpha value is -1.07. The Bertz CT molecular complexity index is 368. The maximum Gasteiger partial charge on any atom is 0.231 e. The summed E-state index contributed by atoms with van der Waals surface area (Å²) in [6.07, 6.45) is 0. The molecule has 0 atom stereocenters. The number of nitrogens with zero attached hydrogens (tertiary/aromatic N) is 1. The third-order valence-corrected chi connectivity index (χ3v) is 2.94. The number of likely N-dealkylation sites (N-methyl/N-ethyl adjacent to an activating group) is 1. The summed E-state index contributed by atoms with van der Waals surface area (Å²) in [4.78, 5) is 12.5. The summed E-state index contributed by atoms with van der Waals surface area (Å²) in [5, 5.41) is 0. The van der Waals surface area contributed by atoms with E-state index >= 15 is 0 Å². The lowest BCUT2D eigenvalue weighted by molar-refractivity contribution is -0.118. The van der Waals surface area contributed by atoms with Crippen molar-refractivity contribution in [1.82, 2.24) is 4.90 Å². The van der Waals surface area contributed by atoms with Gasteiger partial charge in [-0.1, -0.05) is 12.1 Å². The molecule has 5 heteroatoms. The van der Waals surface area contributed by atoms with Gasteiger partial charge in [-0.25, -0.2) is 0 Å². The van der Waals surface area contributed by atoms with Gasteiger partial charge in [-0.15, -0.1) is 0 Å². The molecule has 1 aromatic carbocycles. The Morgan fingerprint density at radius 1 is 1.53 bits per heavy atom. The zero-order valence-corrected chi connectivity index (χ0v) is 10.1. The standard InChI is InChI=1S/C10H14BrN3O/c1-14(6-9(13)15)5-7-3-2-4-8(12)10(7)11/h2-4H,5-6,12H2,1H3,(H2,13,15). The lowest BCUT2D eigenvalue weighted by Gasteiger charge is -2.16. The van der Waals surface area contributed by atoms with Crippen LogP contribution in [-0.4, -0.2) is 24.4 Å². The molecular weight excluding hydrogens is 258 g/mol. The summed E-state index contributed by atoms with van der Waals surface area (Å²) in [5.41, 5.74) is 12.6. The smallest absolute Gasteiger partial charge is 0.231 e. The number of hydrogen-bond donors (Lipinski definition) is 2. The highest BCUT2D eigenvalue weighted by atomic mass is 79.9. The molecule has 0 aliphatic rings. The second-order valence-electron chi connectivity index (χ2n) is 3.46. The van der Waals surface area contributed by atoms with Gasteiger partial charge in [0.15, 0.2) is 0 Å². The number of anilines is 1. The Morgan fingerprint density at radius 2 is 2.20 bits per heavy atom. The van der Waals surface area contributed by atoms with E-state index in [1.54, 1.807) is 0 Å². The van der Waals surface area contributed by atoms with Crippen LogP contribution in [0, 0.1) is 0 Å². The highest BCUT2D eigenvalue weighted by molar-refractivity contribution is 9.10. The molecule has 0 bridgehead atoms. The van der Waals surface area contributed by atoms with Crippen molar-refractivity contribution in [1.29, 1.82) is 0 Å². The number of carbonyl (C=O) groups is 1. The van der Waals surface area contributed by atoms with Crippen LogP contribution in [0.1, 0.15) is 5.56 Å². The van der Waals surface area contributed by atoms with E-state index in [4.69, 9.17) is 11.5 Å². The largest absolute Gasteiger partial charge is 0.398 e. The Labute approximate surface area is 97.4 Å². The first kappa shape index (κ1) is 12.0. The summed E-state index contributed by atoms with van der Waals surface area (Å²) in [6, 6.07) is 5.66. The van der Waals surface area contributed by atoms with Gasteiger partial charge in [0.1, 0.15) is 0 Å². The van der Waals surface area contributed by atoms with E-state index in [1.807, 2.05) is 30.1 Å². The van der Waals surface area contributed by atoms with Crippen LogP contribution in [0.25, 0.3) is 0 Å². The zero-order valence-electron chi connectivity index (χ0n) is 8.53. The van der Waals surface area contributed by atoms with Crippen LogP contribution in [0.15, 0.2) is 22.7 Å². The first-order valence-corrected chi connectivity index (χ1v) is 5.29. The summed E-state index contributed by atoms with van der Waals surface area (Å²) in [5.74, 6) is -0.336. The van der Waals surface area contributed by atoms with Gasteiger partial charge in [0.05, 0.1) is 6.54 Å². The van der Waals surface area contributed by atoms with E-state index in [0.29, 0.717) is 12.2 Å². The molecule has 1 aromatic rings. The summed E-state index contributed by atoms with van der Waals surface area (Å²) in [7, 11) is 1.83. The Kier molecular flexibility index (Phi) is 4.11. The molecule has 0 aliphatic carbocycles. The molecule has 0 saturated carbocycles. The van der Waals surface area contributed by atoms with Crippen molar-refractivity contribution in [2.75, 3.05) is 19.3 Å². The van der Waals surface area contributed by atoms with E-state index in [2.05, 4.69) is 15.9 Å². The average Bonchev–Trinajstić information content (AvgIpc) is 2.11. The molecule has 1 amide bonds. The quantitative estimate of drug-likeness (QED) is 0.801. The summed E-state index contributed by atoms with van der Waals surface area (Å²) in [6.45, 7) is 0.871. The molecule has 0 aliphatic heterocycles. The number of nitrogens with two attached hydrogens (primary N) is 2. The molecule has 0 aromatic heterocycles. The fourth-order valence-corrected chi connectivity index (χ4v) is 1.72. The van der Waals surface area contributed by atoms with E-state index in [9.17, 15) is 4.79 Å². The molecule has 4 N–H and O–H groups in total. The molecule has 4 nitrogen and oxygen atoms in total. The summed E-state index contributed by atoms with van der Waals surface area (Å²) >= 11 is 3.41. The second kappa shape index (κ2) is 5.14. The van der Waals surface area contributed by atoms with Crippen LogP contribution in [0.2, 0.25) is 0 Å². The number of halogens is 1. The van der Waals surface area contributed by atoms with Crippen molar-refractivity contribution in [3.8, 4) is 0 Å². The van der Waals surface area contributed by atoms with Gasteiger partial charge in [0.25, 0.3) is 0 Å². The number of carbonyl (C=O) groups excluding carboxylic acids is 1. The van der Waals surface area contributed by atoms with Crippen LogP contribution < -0.4 is 11.5 Å². The van der Waals surface area contributed by atoms with Crippen molar-refractivity contribution in [2.45, 2.75) is 6.54 Å². The highest BCUT2D eigenvalue weighted by Gasteiger charge is 2.07. The number of amides is 1.